The number of halogens is 1. The lowest BCUT2D eigenvalue weighted by Gasteiger charge is -2.20. The van der Waals surface area contributed by atoms with Crippen LogP contribution in [0.15, 0.2) is 42.5 Å². The minimum atomic E-state index is -1.84. The van der Waals surface area contributed by atoms with E-state index in [-0.39, 0.29) is 5.82 Å². The van der Waals surface area contributed by atoms with Gasteiger partial charge in [-0.1, -0.05) is 50.0 Å². The molecule has 2 aromatic rings. The largest absolute Gasteiger partial charge is 0.387 e. The van der Waals surface area contributed by atoms with Crippen molar-refractivity contribution in [2.75, 3.05) is 19.0 Å². The minimum Gasteiger partial charge on any atom is -0.387 e. The molecule has 0 bridgehead atoms. The summed E-state index contributed by atoms with van der Waals surface area (Å²) in [6, 6.07) is 10.6. The van der Waals surface area contributed by atoms with Gasteiger partial charge >= 0.3 is 0 Å². The summed E-state index contributed by atoms with van der Waals surface area (Å²) in [5.41, 5.74) is 1.74. The van der Waals surface area contributed by atoms with Crippen LogP contribution in [0, 0.1) is 5.82 Å². The second-order valence-corrected chi connectivity index (χ2v) is 12.8. The van der Waals surface area contributed by atoms with Gasteiger partial charge in [-0.25, -0.2) is 4.39 Å². The van der Waals surface area contributed by atoms with E-state index in [0.29, 0.717) is 23.0 Å². The Kier molecular flexibility index (Phi) is 7.66. The number of nitrogens with one attached hydrogen (secondary N) is 2. The maximum absolute atomic E-state index is 14.5. The van der Waals surface area contributed by atoms with Gasteiger partial charge in [-0.05, 0) is 28.4 Å². The van der Waals surface area contributed by atoms with Crippen LogP contribution in [-0.2, 0) is 20.9 Å². The van der Waals surface area contributed by atoms with Crippen molar-refractivity contribution in [1.29, 1.82) is 0 Å². The summed E-state index contributed by atoms with van der Waals surface area (Å²) in [6.45, 7) is 5.79. The maximum atomic E-state index is 14.5. The lowest BCUT2D eigenvalue weighted by Crippen LogP contribution is -2.40. The number of rotatable bonds is 8. The second kappa shape index (κ2) is 9.77. The Morgan fingerprint density at radius 1 is 1.14 bits per heavy atom. The zero-order valence-electron chi connectivity index (χ0n) is 17.1. The van der Waals surface area contributed by atoms with Gasteiger partial charge < -0.3 is 20.5 Å². The van der Waals surface area contributed by atoms with E-state index in [4.69, 9.17) is 9.84 Å². The van der Waals surface area contributed by atoms with Crippen LogP contribution >= 0.6 is 0 Å². The van der Waals surface area contributed by atoms with Crippen molar-refractivity contribution in [2.24, 2.45) is 0 Å². The van der Waals surface area contributed by atoms with Gasteiger partial charge in [0, 0.05) is 12.8 Å². The van der Waals surface area contributed by atoms with Crippen molar-refractivity contribution in [3.05, 3.63) is 59.4 Å². The molecule has 8 heteroatoms. The lowest BCUT2D eigenvalue weighted by atomic mass is 10.0. The summed E-state index contributed by atoms with van der Waals surface area (Å²) in [5.74, 6) is -1.58. The normalized spacial score (nSPS) is 12.3. The summed E-state index contributed by atoms with van der Waals surface area (Å²) in [6.07, 6.45) is 0. The third kappa shape index (κ3) is 6.21. The van der Waals surface area contributed by atoms with Gasteiger partial charge in [-0.3, -0.25) is 9.59 Å². The number of carbonyl (C=O) groups excluding carboxylic acids is 2. The molecule has 0 saturated heterocycles. The highest BCUT2D eigenvalue weighted by Gasteiger charge is 2.24. The van der Waals surface area contributed by atoms with E-state index in [1.807, 2.05) is 19.6 Å². The van der Waals surface area contributed by atoms with Gasteiger partial charge in [0.05, 0.1) is 14.7 Å². The van der Waals surface area contributed by atoms with E-state index < -0.39 is 32.5 Å². The van der Waals surface area contributed by atoms with Crippen LogP contribution in [0.1, 0.15) is 17.2 Å². The summed E-state index contributed by atoms with van der Waals surface area (Å²) in [4.78, 5) is 24.5. The smallest absolute Gasteiger partial charge is 0.251 e. The van der Waals surface area contributed by atoms with E-state index in [9.17, 15) is 14.0 Å². The highest BCUT2D eigenvalue weighted by molar-refractivity contribution is 6.88. The summed E-state index contributed by atoms with van der Waals surface area (Å²) in [7, 11) is -0.255. The van der Waals surface area contributed by atoms with E-state index in [2.05, 4.69) is 10.6 Å². The fourth-order valence-electron chi connectivity index (χ4n) is 2.90. The predicted molar refractivity (Wildman–Crippen MR) is 113 cm³/mol. The summed E-state index contributed by atoms with van der Waals surface area (Å²) >= 11 is 0. The van der Waals surface area contributed by atoms with Gasteiger partial charge in [-0.2, -0.15) is 0 Å². The van der Waals surface area contributed by atoms with Crippen LogP contribution in [0.3, 0.4) is 0 Å². The SMILES string of the molecule is COCc1ccc([C@@H](NC(=O)CO)C(=O)Nc2ccc([Si](C)(C)C)c(F)c2)cc1. The average Bonchev–Trinajstić information content (AvgIpc) is 2.66. The lowest BCUT2D eigenvalue weighted by molar-refractivity contribution is -0.128. The van der Waals surface area contributed by atoms with Crippen LogP contribution < -0.4 is 15.8 Å². The first kappa shape index (κ1) is 22.7. The number of carbonyl (C=O) groups is 2. The molecular weight excluding hydrogens is 391 g/mol. The van der Waals surface area contributed by atoms with Crippen molar-refractivity contribution in [2.45, 2.75) is 32.3 Å². The van der Waals surface area contributed by atoms with E-state index in [0.717, 1.165) is 5.56 Å². The molecule has 0 aromatic heterocycles. The molecule has 2 amide bonds. The van der Waals surface area contributed by atoms with Crippen LogP contribution in [0.2, 0.25) is 19.6 Å². The monoisotopic (exact) mass is 418 g/mol. The van der Waals surface area contributed by atoms with Crippen molar-refractivity contribution in [3.63, 3.8) is 0 Å². The Morgan fingerprint density at radius 2 is 1.79 bits per heavy atom. The molecule has 0 aliphatic rings. The quantitative estimate of drug-likeness (QED) is 0.574. The van der Waals surface area contributed by atoms with E-state index >= 15 is 0 Å². The van der Waals surface area contributed by atoms with Crippen LogP contribution in [0.25, 0.3) is 0 Å². The number of hydrogen-bond donors (Lipinski definition) is 3. The maximum Gasteiger partial charge on any atom is 0.251 e. The highest BCUT2D eigenvalue weighted by Crippen LogP contribution is 2.19. The Hall–Kier alpha value is -2.55. The van der Waals surface area contributed by atoms with Crippen molar-refractivity contribution in [1.82, 2.24) is 5.32 Å². The highest BCUT2D eigenvalue weighted by atomic mass is 28.3. The minimum absolute atomic E-state index is 0.300. The molecule has 1 atom stereocenters. The predicted octanol–water partition coefficient (Wildman–Crippen LogP) is 2.31. The first-order chi connectivity index (χ1) is 13.7. The number of amides is 2. The van der Waals surface area contributed by atoms with E-state index in [1.165, 1.54) is 6.07 Å². The number of aliphatic hydroxyl groups is 1. The topological polar surface area (TPSA) is 87.7 Å². The van der Waals surface area contributed by atoms with Crippen molar-refractivity contribution in [3.8, 4) is 0 Å². The second-order valence-electron chi connectivity index (χ2n) is 7.77. The number of aliphatic hydroxyl groups excluding tert-OH is 1. The molecule has 0 radical (unpaired) electrons. The van der Waals surface area contributed by atoms with Crippen molar-refractivity contribution >= 4 is 30.8 Å². The fraction of sp³-hybridized carbons (Fsp3) is 0.333. The molecule has 0 spiro atoms. The molecule has 0 fully saturated rings. The first-order valence-corrected chi connectivity index (χ1v) is 12.7. The number of anilines is 1. The van der Waals surface area contributed by atoms with Gasteiger partial charge in [0.1, 0.15) is 18.5 Å². The third-order valence-corrected chi connectivity index (χ3v) is 6.40. The number of methoxy groups -OCH3 is 1. The summed E-state index contributed by atoms with van der Waals surface area (Å²) in [5, 5.41) is 14.9. The standard InChI is InChI=1S/C21H27FN2O4Si/c1-28-13-14-5-7-15(8-6-14)20(24-19(26)12-25)21(27)23-16-9-10-18(17(22)11-16)29(2,3)4/h5-11,20,25H,12-13H2,1-4H3,(H,23,27)(H,24,26)/t20-/m1/s1. The molecule has 0 aliphatic carbocycles. The molecule has 2 aromatic carbocycles. The Balaban J connectivity index is 2.25. The van der Waals surface area contributed by atoms with Gasteiger partial charge in [0.2, 0.25) is 5.91 Å². The fourth-order valence-corrected chi connectivity index (χ4v) is 4.27. The Labute approximate surface area is 171 Å². The number of benzene rings is 2. The third-order valence-electron chi connectivity index (χ3n) is 4.38. The molecule has 0 aliphatic heterocycles. The van der Waals surface area contributed by atoms with Crippen LogP contribution in [0.5, 0.6) is 0 Å². The Bertz CT molecular complexity index is 866. The van der Waals surface area contributed by atoms with Gasteiger partial charge in [0.25, 0.3) is 5.91 Å². The molecule has 156 valence electrons. The average molecular weight is 419 g/mol. The molecule has 6 nitrogen and oxygen atoms in total. The van der Waals surface area contributed by atoms with Gasteiger partial charge in [-0.15, -0.1) is 0 Å². The molecule has 0 heterocycles. The zero-order chi connectivity index (χ0) is 21.6. The molecular formula is C21H27FN2O4Si. The van der Waals surface area contributed by atoms with Crippen molar-refractivity contribution < 1.29 is 23.8 Å². The summed E-state index contributed by atoms with van der Waals surface area (Å²) < 4.78 is 19.5. The number of ether oxygens (including phenoxy) is 1. The molecule has 2 rings (SSSR count). The number of hydrogen-bond acceptors (Lipinski definition) is 4. The molecule has 29 heavy (non-hydrogen) atoms. The molecule has 3 N–H and O–H groups in total. The molecule has 0 unspecified atom stereocenters. The first-order valence-electron chi connectivity index (χ1n) is 9.24. The van der Waals surface area contributed by atoms with Crippen LogP contribution in [-0.4, -0.2) is 38.7 Å². The molecule has 0 saturated carbocycles. The van der Waals surface area contributed by atoms with E-state index in [1.54, 1.807) is 43.5 Å². The zero-order valence-corrected chi connectivity index (χ0v) is 18.1. The Morgan fingerprint density at radius 3 is 2.31 bits per heavy atom. The van der Waals surface area contributed by atoms with Crippen LogP contribution in [0.4, 0.5) is 10.1 Å². The van der Waals surface area contributed by atoms with Gasteiger partial charge in [0.15, 0.2) is 0 Å².